The first kappa shape index (κ1) is 12.2. The fraction of sp³-hybridized carbons (Fsp3) is 0.231. The van der Waals surface area contributed by atoms with Gasteiger partial charge in [0.1, 0.15) is 5.82 Å². The van der Waals surface area contributed by atoms with Crippen LogP contribution in [0.25, 0.3) is 11.1 Å². The van der Waals surface area contributed by atoms with Gasteiger partial charge in [0.15, 0.2) is 5.69 Å². The standard InChI is InChI=1S/C13H15N3O2/c1-8-5-4-6-9(7-8)10-11(13(17)18-3)15-16(2)12(10)14/h4-7H,14H2,1-3H3. The largest absolute Gasteiger partial charge is 0.464 e. The summed E-state index contributed by atoms with van der Waals surface area (Å²) >= 11 is 0. The van der Waals surface area contributed by atoms with E-state index in [1.54, 1.807) is 7.05 Å². The molecular weight excluding hydrogens is 230 g/mol. The minimum atomic E-state index is -0.487. The van der Waals surface area contributed by atoms with Crippen LogP contribution in [0, 0.1) is 6.92 Å². The number of nitrogen functional groups attached to an aromatic ring is 1. The van der Waals surface area contributed by atoms with Gasteiger partial charge in [-0.25, -0.2) is 4.79 Å². The third-order valence-corrected chi connectivity index (χ3v) is 2.78. The number of nitrogens with zero attached hydrogens (tertiary/aromatic N) is 2. The predicted octanol–water partition coefficient (Wildman–Crippen LogP) is 1.76. The number of rotatable bonds is 2. The monoisotopic (exact) mass is 245 g/mol. The van der Waals surface area contributed by atoms with Gasteiger partial charge in [0, 0.05) is 7.05 Å². The highest BCUT2D eigenvalue weighted by molar-refractivity contribution is 5.98. The molecular formula is C13H15N3O2. The normalized spacial score (nSPS) is 10.4. The fourth-order valence-electron chi connectivity index (χ4n) is 1.86. The highest BCUT2D eigenvalue weighted by atomic mass is 16.5. The van der Waals surface area contributed by atoms with Gasteiger partial charge in [-0.1, -0.05) is 29.8 Å². The minimum absolute atomic E-state index is 0.239. The van der Waals surface area contributed by atoms with Crippen LogP contribution >= 0.6 is 0 Å². The summed E-state index contributed by atoms with van der Waals surface area (Å²) in [5, 5.41) is 4.10. The van der Waals surface area contributed by atoms with E-state index in [0.29, 0.717) is 11.4 Å². The molecule has 1 heterocycles. The zero-order valence-electron chi connectivity index (χ0n) is 10.6. The van der Waals surface area contributed by atoms with Crippen molar-refractivity contribution in [1.82, 2.24) is 9.78 Å². The summed E-state index contributed by atoms with van der Waals surface area (Å²) in [5.74, 6) is -0.0418. The van der Waals surface area contributed by atoms with E-state index in [4.69, 9.17) is 10.5 Å². The third-order valence-electron chi connectivity index (χ3n) is 2.78. The minimum Gasteiger partial charge on any atom is -0.464 e. The quantitative estimate of drug-likeness (QED) is 0.818. The highest BCUT2D eigenvalue weighted by Crippen LogP contribution is 2.30. The maximum absolute atomic E-state index is 11.7. The van der Waals surface area contributed by atoms with Crippen molar-refractivity contribution in [3.63, 3.8) is 0 Å². The molecule has 1 aromatic heterocycles. The zero-order chi connectivity index (χ0) is 13.3. The van der Waals surface area contributed by atoms with Crippen LogP contribution in [0.2, 0.25) is 0 Å². The Labute approximate surface area is 105 Å². The number of hydrogen-bond donors (Lipinski definition) is 1. The lowest BCUT2D eigenvalue weighted by atomic mass is 10.0. The number of esters is 1. The molecule has 18 heavy (non-hydrogen) atoms. The van der Waals surface area contributed by atoms with Crippen LogP contribution in [0.5, 0.6) is 0 Å². The lowest BCUT2D eigenvalue weighted by Gasteiger charge is -2.04. The smallest absolute Gasteiger partial charge is 0.359 e. The van der Waals surface area contributed by atoms with Gasteiger partial charge in [0.05, 0.1) is 12.7 Å². The van der Waals surface area contributed by atoms with Gasteiger partial charge in [0.25, 0.3) is 0 Å². The molecule has 0 fully saturated rings. The summed E-state index contributed by atoms with van der Waals surface area (Å²) < 4.78 is 6.20. The van der Waals surface area contributed by atoms with Crippen molar-refractivity contribution in [2.24, 2.45) is 7.05 Å². The molecule has 0 bridgehead atoms. The molecule has 2 rings (SSSR count). The molecule has 0 aliphatic carbocycles. The van der Waals surface area contributed by atoms with E-state index < -0.39 is 5.97 Å². The van der Waals surface area contributed by atoms with Crippen LogP contribution in [-0.4, -0.2) is 22.9 Å². The Morgan fingerprint density at radius 2 is 2.17 bits per heavy atom. The van der Waals surface area contributed by atoms with Crippen LogP contribution in [0.4, 0.5) is 5.82 Å². The lowest BCUT2D eigenvalue weighted by Crippen LogP contribution is -2.04. The number of methoxy groups -OCH3 is 1. The molecule has 94 valence electrons. The summed E-state index contributed by atoms with van der Waals surface area (Å²) in [6.07, 6.45) is 0. The molecule has 0 radical (unpaired) electrons. The SMILES string of the molecule is COC(=O)c1nn(C)c(N)c1-c1cccc(C)c1. The number of aryl methyl sites for hydroxylation is 2. The van der Waals surface area contributed by atoms with Crippen LogP contribution in [0.1, 0.15) is 16.1 Å². The number of carbonyl (C=O) groups is 1. The molecule has 0 aliphatic heterocycles. The number of hydrogen-bond acceptors (Lipinski definition) is 4. The van der Waals surface area contributed by atoms with Gasteiger partial charge >= 0.3 is 5.97 Å². The van der Waals surface area contributed by atoms with Gasteiger partial charge in [-0.15, -0.1) is 0 Å². The van der Waals surface area contributed by atoms with E-state index in [1.807, 2.05) is 31.2 Å². The third kappa shape index (κ3) is 1.95. The van der Waals surface area contributed by atoms with Crippen LogP contribution in [0.15, 0.2) is 24.3 Å². The molecule has 0 aliphatic rings. The Morgan fingerprint density at radius 3 is 2.78 bits per heavy atom. The predicted molar refractivity (Wildman–Crippen MR) is 69.1 cm³/mol. The molecule has 5 nitrogen and oxygen atoms in total. The molecule has 0 spiro atoms. The summed E-state index contributed by atoms with van der Waals surface area (Å²) in [6, 6.07) is 7.75. The number of benzene rings is 1. The van der Waals surface area contributed by atoms with Crippen LogP contribution in [0.3, 0.4) is 0 Å². The Bertz CT molecular complexity index is 602. The maximum Gasteiger partial charge on any atom is 0.359 e. The molecule has 2 N–H and O–H groups in total. The molecule has 0 saturated carbocycles. The number of nitrogens with two attached hydrogens (primary N) is 1. The first-order chi connectivity index (χ1) is 8.54. The van der Waals surface area contributed by atoms with E-state index in [-0.39, 0.29) is 5.69 Å². The molecule has 2 aromatic rings. The van der Waals surface area contributed by atoms with Gasteiger partial charge in [-0.05, 0) is 12.5 Å². The number of ether oxygens (including phenoxy) is 1. The van der Waals surface area contributed by atoms with Crippen molar-refractivity contribution in [3.05, 3.63) is 35.5 Å². The summed E-state index contributed by atoms with van der Waals surface area (Å²) in [5.41, 5.74) is 8.78. The van der Waals surface area contributed by atoms with Gasteiger partial charge in [-0.2, -0.15) is 5.10 Å². The van der Waals surface area contributed by atoms with Crippen molar-refractivity contribution in [2.75, 3.05) is 12.8 Å². The summed E-state index contributed by atoms with van der Waals surface area (Å²) in [6.45, 7) is 1.98. The molecule has 1 aromatic carbocycles. The van der Waals surface area contributed by atoms with Crippen molar-refractivity contribution < 1.29 is 9.53 Å². The maximum atomic E-state index is 11.7. The Hall–Kier alpha value is -2.30. The highest BCUT2D eigenvalue weighted by Gasteiger charge is 2.22. The van der Waals surface area contributed by atoms with Crippen LogP contribution in [-0.2, 0) is 11.8 Å². The molecule has 5 heteroatoms. The van der Waals surface area contributed by atoms with Crippen molar-refractivity contribution >= 4 is 11.8 Å². The van der Waals surface area contributed by atoms with E-state index in [1.165, 1.54) is 11.8 Å². The second kappa shape index (κ2) is 4.52. The molecule has 0 atom stereocenters. The fourth-order valence-corrected chi connectivity index (χ4v) is 1.86. The molecule has 0 amide bonds. The van der Waals surface area contributed by atoms with E-state index >= 15 is 0 Å². The van der Waals surface area contributed by atoms with Crippen LogP contribution < -0.4 is 5.73 Å². The zero-order valence-corrected chi connectivity index (χ0v) is 10.6. The Morgan fingerprint density at radius 1 is 1.44 bits per heavy atom. The summed E-state index contributed by atoms with van der Waals surface area (Å²) in [4.78, 5) is 11.7. The topological polar surface area (TPSA) is 70.1 Å². The second-order valence-corrected chi connectivity index (χ2v) is 4.09. The molecule has 0 saturated heterocycles. The Kier molecular flexibility index (Phi) is 3.06. The Balaban J connectivity index is 2.66. The first-order valence-electron chi connectivity index (χ1n) is 5.52. The number of carbonyl (C=O) groups excluding carboxylic acids is 1. The second-order valence-electron chi connectivity index (χ2n) is 4.09. The average Bonchev–Trinajstić information content (AvgIpc) is 2.65. The number of aromatic nitrogens is 2. The first-order valence-corrected chi connectivity index (χ1v) is 5.52. The molecule has 0 unspecified atom stereocenters. The van der Waals surface area contributed by atoms with E-state index in [0.717, 1.165) is 11.1 Å². The number of anilines is 1. The average molecular weight is 245 g/mol. The van der Waals surface area contributed by atoms with Gasteiger partial charge in [-0.3, -0.25) is 4.68 Å². The van der Waals surface area contributed by atoms with Crippen molar-refractivity contribution in [2.45, 2.75) is 6.92 Å². The van der Waals surface area contributed by atoms with Gasteiger partial charge < -0.3 is 10.5 Å². The lowest BCUT2D eigenvalue weighted by molar-refractivity contribution is 0.0594. The van der Waals surface area contributed by atoms with Crippen molar-refractivity contribution in [1.29, 1.82) is 0 Å². The van der Waals surface area contributed by atoms with Crippen molar-refractivity contribution in [3.8, 4) is 11.1 Å². The van der Waals surface area contributed by atoms with E-state index in [2.05, 4.69) is 5.10 Å². The summed E-state index contributed by atoms with van der Waals surface area (Å²) in [7, 11) is 3.02. The van der Waals surface area contributed by atoms with E-state index in [9.17, 15) is 4.79 Å². The van der Waals surface area contributed by atoms with Gasteiger partial charge in [0.2, 0.25) is 0 Å².